The zero-order chi connectivity index (χ0) is 24.5. The molecular weight excluding hydrogens is 444 g/mol. The summed E-state index contributed by atoms with van der Waals surface area (Å²) in [7, 11) is 0. The average molecular weight is 474 g/mol. The Balaban J connectivity index is 1.27. The lowest BCUT2D eigenvalue weighted by molar-refractivity contribution is 0.0397. The molecule has 2 atom stereocenters. The lowest BCUT2D eigenvalue weighted by Crippen LogP contribution is -2.54. The number of carbonyl (C=O) groups excluding carboxylic acids is 1. The summed E-state index contributed by atoms with van der Waals surface area (Å²) >= 11 is 0. The third-order valence-electron chi connectivity index (χ3n) is 7.12. The van der Waals surface area contributed by atoms with Crippen molar-refractivity contribution < 1.29 is 13.6 Å². The number of hydrogen-bond donors (Lipinski definition) is 0. The predicted molar refractivity (Wildman–Crippen MR) is 136 cm³/mol. The molecule has 0 aliphatic carbocycles. The predicted octanol–water partition coefficient (Wildman–Crippen LogP) is 6.04. The summed E-state index contributed by atoms with van der Waals surface area (Å²) in [6, 6.07) is 19.5. The van der Waals surface area contributed by atoms with Gasteiger partial charge < -0.3 is 9.80 Å². The normalized spacial score (nSPS) is 18.9. The number of nitrogens with zero attached hydrogens (tertiary/aromatic N) is 3. The van der Waals surface area contributed by atoms with E-state index in [-0.39, 0.29) is 17.5 Å². The summed E-state index contributed by atoms with van der Waals surface area (Å²) in [6.45, 7) is 6.20. The van der Waals surface area contributed by atoms with Crippen LogP contribution < -0.4 is 4.90 Å². The molecule has 1 unspecified atom stereocenters. The van der Waals surface area contributed by atoms with E-state index in [1.165, 1.54) is 23.8 Å². The highest BCUT2D eigenvalue weighted by Gasteiger charge is 2.32. The molecule has 4 nitrogen and oxygen atoms in total. The monoisotopic (exact) mass is 473 g/mol. The first kappa shape index (κ1) is 23.2. The highest BCUT2D eigenvalue weighted by molar-refractivity contribution is 5.95. The minimum Gasteiger partial charge on any atom is -0.337 e. The minimum absolute atomic E-state index is 0.0210. The molecule has 0 aromatic heterocycles. The molecule has 3 aromatic carbocycles. The Morgan fingerprint density at radius 3 is 2.37 bits per heavy atom. The molecule has 3 aromatic rings. The van der Waals surface area contributed by atoms with Gasteiger partial charge in [-0.25, -0.2) is 8.78 Å². The third kappa shape index (κ3) is 4.46. The first-order chi connectivity index (χ1) is 16.9. The number of hydrogen-bond acceptors (Lipinski definition) is 3. The van der Waals surface area contributed by atoms with E-state index in [9.17, 15) is 13.6 Å². The van der Waals surface area contributed by atoms with Crippen molar-refractivity contribution in [1.82, 2.24) is 9.80 Å². The Hall–Kier alpha value is -3.51. The molecule has 1 saturated heterocycles. The summed E-state index contributed by atoms with van der Waals surface area (Å²) in [4.78, 5) is 19.4. The lowest BCUT2D eigenvalue weighted by Gasteiger charge is -2.42. The zero-order valence-corrected chi connectivity index (χ0v) is 20.0. The van der Waals surface area contributed by atoms with Gasteiger partial charge in [0.15, 0.2) is 0 Å². The molecule has 5 rings (SSSR count). The molecule has 2 heterocycles. The number of rotatable bonds is 4. The van der Waals surface area contributed by atoms with Crippen LogP contribution in [0.4, 0.5) is 20.2 Å². The number of piperazine rings is 1. The number of carbonyl (C=O) groups is 1. The second-order valence-electron chi connectivity index (χ2n) is 9.27. The fraction of sp³-hybridized carbons (Fsp3) is 0.276. The third-order valence-corrected chi connectivity index (χ3v) is 7.12. The molecule has 1 fully saturated rings. The maximum absolute atomic E-state index is 14.3. The van der Waals surface area contributed by atoms with Crippen molar-refractivity contribution in [2.45, 2.75) is 25.9 Å². The van der Waals surface area contributed by atoms with Crippen molar-refractivity contribution >= 4 is 23.4 Å². The maximum Gasteiger partial charge on any atom is 0.254 e. The molecule has 0 radical (unpaired) electrons. The van der Waals surface area contributed by atoms with Crippen molar-refractivity contribution in [1.29, 1.82) is 0 Å². The van der Waals surface area contributed by atoms with E-state index in [1.807, 2.05) is 60.0 Å². The van der Waals surface area contributed by atoms with Gasteiger partial charge in [0.1, 0.15) is 11.6 Å². The molecular formula is C29H29F2N3O. The standard InChI is InChI=1S/C29H29F2N3O/c1-20-19-32(21(2)28-25(30)9-5-10-26(28)31)17-18-33(20)29(35)23-12-14-24(15-13-23)34-16-6-8-22-7-3-4-11-27(22)34/h3-15,20-21H,16-19H2,1-2H3/t20-,21?/m1/s1. The Labute approximate surface area is 205 Å². The van der Waals surface area contributed by atoms with Gasteiger partial charge in [-0.1, -0.05) is 36.4 Å². The summed E-state index contributed by atoms with van der Waals surface area (Å²) in [5.74, 6) is -1.08. The number of benzene rings is 3. The molecule has 0 bridgehead atoms. The lowest BCUT2D eigenvalue weighted by atomic mass is 10.0. The van der Waals surface area contributed by atoms with Gasteiger partial charge in [-0.2, -0.15) is 0 Å². The molecule has 0 spiro atoms. The Kier molecular flexibility index (Phi) is 6.39. The van der Waals surface area contributed by atoms with Gasteiger partial charge in [0, 0.05) is 60.8 Å². The number of para-hydroxylation sites is 1. The van der Waals surface area contributed by atoms with Gasteiger partial charge in [-0.3, -0.25) is 9.69 Å². The van der Waals surface area contributed by atoms with Crippen LogP contribution in [0.15, 0.2) is 72.8 Å². The summed E-state index contributed by atoms with van der Waals surface area (Å²) in [5, 5.41) is 0. The van der Waals surface area contributed by atoms with Crippen molar-refractivity contribution in [2.24, 2.45) is 0 Å². The van der Waals surface area contributed by atoms with Crippen molar-refractivity contribution in [3.05, 3.63) is 101 Å². The van der Waals surface area contributed by atoms with Crippen LogP contribution in [-0.4, -0.2) is 47.9 Å². The SMILES string of the molecule is CC(c1c(F)cccc1F)N1CCN(C(=O)c2ccc(N3CC=Cc4ccccc43)cc2)[C@H](C)C1. The van der Waals surface area contributed by atoms with E-state index in [0.29, 0.717) is 25.2 Å². The summed E-state index contributed by atoms with van der Waals surface area (Å²) in [5.41, 5.74) is 4.10. The first-order valence-electron chi connectivity index (χ1n) is 12.1. The van der Waals surface area contributed by atoms with Crippen LogP contribution in [0.5, 0.6) is 0 Å². The van der Waals surface area contributed by atoms with Crippen LogP contribution in [0, 0.1) is 11.6 Å². The van der Waals surface area contributed by atoms with Gasteiger partial charge in [0.2, 0.25) is 0 Å². The second kappa shape index (κ2) is 9.62. The van der Waals surface area contributed by atoms with Gasteiger partial charge >= 0.3 is 0 Å². The Morgan fingerprint density at radius 2 is 1.66 bits per heavy atom. The van der Waals surface area contributed by atoms with Crippen LogP contribution in [-0.2, 0) is 0 Å². The Bertz CT molecular complexity index is 1240. The van der Waals surface area contributed by atoms with E-state index in [4.69, 9.17) is 0 Å². The van der Waals surface area contributed by atoms with Crippen molar-refractivity contribution in [2.75, 3.05) is 31.1 Å². The minimum atomic E-state index is -0.532. The number of halogens is 2. The number of amides is 1. The van der Waals surface area contributed by atoms with E-state index < -0.39 is 17.7 Å². The van der Waals surface area contributed by atoms with Crippen LogP contribution >= 0.6 is 0 Å². The van der Waals surface area contributed by atoms with Crippen molar-refractivity contribution in [3.63, 3.8) is 0 Å². The molecule has 2 aliphatic heterocycles. The highest BCUT2D eigenvalue weighted by Crippen LogP contribution is 2.33. The van der Waals surface area contributed by atoms with Gasteiger partial charge in [-0.15, -0.1) is 0 Å². The molecule has 0 N–H and O–H groups in total. The molecule has 0 saturated carbocycles. The number of fused-ring (bicyclic) bond motifs is 1. The van der Waals surface area contributed by atoms with Gasteiger partial charge in [0.05, 0.1) is 0 Å². The fourth-order valence-electron chi connectivity index (χ4n) is 5.18. The van der Waals surface area contributed by atoms with E-state index in [0.717, 1.165) is 17.9 Å². The average Bonchev–Trinajstić information content (AvgIpc) is 2.88. The summed E-state index contributed by atoms with van der Waals surface area (Å²) in [6.07, 6.45) is 4.27. The molecule has 1 amide bonds. The topological polar surface area (TPSA) is 26.8 Å². The van der Waals surface area contributed by atoms with Gasteiger partial charge in [-0.05, 0) is 61.9 Å². The van der Waals surface area contributed by atoms with Crippen LogP contribution in [0.3, 0.4) is 0 Å². The molecule has 2 aliphatic rings. The van der Waals surface area contributed by atoms with Crippen LogP contribution in [0.1, 0.15) is 41.4 Å². The van der Waals surface area contributed by atoms with Crippen LogP contribution in [0.2, 0.25) is 0 Å². The molecule has 35 heavy (non-hydrogen) atoms. The zero-order valence-electron chi connectivity index (χ0n) is 20.0. The second-order valence-corrected chi connectivity index (χ2v) is 9.27. The maximum atomic E-state index is 14.3. The quantitative estimate of drug-likeness (QED) is 0.462. The smallest absolute Gasteiger partial charge is 0.254 e. The van der Waals surface area contributed by atoms with E-state index >= 15 is 0 Å². The van der Waals surface area contributed by atoms with E-state index in [2.05, 4.69) is 29.2 Å². The Morgan fingerprint density at radius 1 is 0.943 bits per heavy atom. The highest BCUT2D eigenvalue weighted by atomic mass is 19.1. The number of anilines is 2. The summed E-state index contributed by atoms with van der Waals surface area (Å²) < 4.78 is 28.6. The fourth-order valence-corrected chi connectivity index (χ4v) is 5.18. The van der Waals surface area contributed by atoms with E-state index in [1.54, 1.807) is 0 Å². The van der Waals surface area contributed by atoms with Gasteiger partial charge in [0.25, 0.3) is 5.91 Å². The van der Waals surface area contributed by atoms with Crippen molar-refractivity contribution in [3.8, 4) is 0 Å². The molecule has 6 heteroatoms. The largest absolute Gasteiger partial charge is 0.337 e. The molecule has 180 valence electrons. The first-order valence-corrected chi connectivity index (χ1v) is 12.1. The van der Waals surface area contributed by atoms with Crippen LogP contribution in [0.25, 0.3) is 6.08 Å².